The van der Waals surface area contributed by atoms with Crippen LogP contribution in [0.2, 0.25) is 0 Å². The van der Waals surface area contributed by atoms with Crippen molar-refractivity contribution in [3.8, 4) is 0 Å². The molecular formula is C6H13NO5S2. The first-order valence-corrected chi connectivity index (χ1v) is 7.12. The van der Waals surface area contributed by atoms with Gasteiger partial charge in [0.15, 0.2) is 5.75 Å². The summed E-state index contributed by atoms with van der Waals surface area (Å²) < 4.78 is 34.9. The highest BCUT2D eigenvalue weighted by molar-refractivity contribution is 7.90. The van der Waals surface area contributed by atoms with Gasteiger partial charge in [-0.2, -0.15) is 0 Å². The maximum atomic E-state index is 11.0. The summed E-state index contributed by atoms with van der Waals surface area (Å²) in [5.74, 6) is -2.21. The Morgan fingerprint density at radius 3 is 2.43 bits per heavy atom. The van der Waals surface area contributed by atoms with Gasteiger partial charge in [0.05, 0.1) is 0 Å². The highest BCUT2D eigenvalue weighted by Crippen LogP contribution is 1.91. The molecule has 0 aliphatic carbocycles. The Kier molecular flexibility index (Phi) is 5.24. The zero-order chi connectivity index (χ0) is 11.4. The molecule has 84 valence electrons. The first-order valence-electron chi connectivity index (χ1n) is 3.75. The number of hydrogen-bond acceptors (Lipinski definition) is 4. The van der Waals surface area contributed by atoms with E-state index in [1.807, 2.05) is 0 Å². The van der Waals surface area contributed by atoms with Crippen LogP contribution in [0, 0.1) is 0 Å². The van der Waals surface area contributed by atoms with Crippen molar-refractivity contribution in [2.24, 2.45) is 0 Å². The third-order valence-electron chi connectivity index (χ3n) is 1.18. The molecular weight excluding hydrogens is 230 g/mol. The van der Waals surface area contributed by atoms with Crippen molar-refractivity contribution in [3.63, 3.8) is 0 Å². The van der Waals surface area contributed by atoms with Crippen molar-refractivity contribution < 1.29 is 22.5 Å². The first-order chi connectivity index (χ1) is 6.23. The van der Waals surface area contributed by atoms with Crippen LogP contribution in [0.1, 0.15) is 6.92 Å². The van der Waals surface area contributed by atoms with Gasteiger partial charge in [0, 0.05) is 28.9 Å². The molecule has 0 aliphatic rings. The van der Waals surface area contributed by atoms with Crippen molar-refractivity contribution in [1.29, 1.82) is 0 Å². The second kappa shape index (κ2) is 5.42. The third kappa shape index (κ3) is 6.98. The van der Waals surface area contributed by atoms with Crippen molar-refractivity contribution >= 4 is 26.8 Å². The van der Waals surface area contributed by atoms with Gasteiger partial charge in [-0.05, 0) is 6.92 Å². The monoisotopic (exact) mass is 243 g/mol. The van der Waals surface area contributed by atoms with Gasteiger partial charge in [-0.3, -0.25) is 9.00 Å². The fourth-order valence-corrected chi connectivity index (χ4v) is 2.89. The maximum Gasteiger partial charge on any atom is 0.320 e. The number of nitrogens with one attached hydrogen (secondary N) is 1. The molecule has 0 amide bonds. The molecule has 0 saturated heterocycles. The molecule has 0 spiro atoms. The summed E-state index contributed by atoms with van der Waals surface area (Å²) in [6.07, 6.45) is 1.45. The fourth-order valence-electron chi connectivity index (χ4n) is 0.897. The maximum absolute atomic E-state index is 11.0. The molecule has 6 nitrogen and oxygen atoms in total. The summed E-state index contributed by atoms with van der Waals surface area (Å²) in [6.45, 7) is 1.53. The summed E-state index contributed by atoms with van der Waals surface area (Å²) in [4.78, 5) is 10.1. The Morgan fingerprint density at radius 1 is 1.57 bits per heavy atom. The largest absolute Gasteiger partial charge is 0.480 e. The van der Waals surface area contributed by atoms with E-state index in [2.05, 4.69) is 4.72 Å². The molecule has 0 fully saturated rings. The van der Waals surface area contributed by atoms with Crippen LogP contribution in [-0.4, -0.2) is 47.5 Å². The minimum atomic E-state index is -3.81. The topological polar surface area (TPSA) is 101 Å². The van der Waals surface area contributed by atoms with Gasteiger partial charge in [-0.15, -0.1) is 0 Å². The molecule has 0 bridgehead atoms. The molecule has 0 aromatic heterocycles. The SMILES string of the molecule is CC(CS(C)=O)NS(=O)(=O)CC(=O)O. The molecule has 2 unspecified atom stereocenters. The number of carbonyl (C=O) groups is 1. The average Bonchev–Trinajstić information content (AvgIpc) is 1.77. The lowest BCUT2D eigenvalue weighted by atomic mass is 10.4. The molecule has 0 radical (unpaired) electrons. The quantitative estimate of drug-likeness (QED) is 0.607. The smallest absolute Gasteiger partial charge is 0.320 e. The van der Waals surface area contributed by atoms with Crippen LogP contribution in [-0.2, 0) is 25.6 Å². The number of carboxylic acids is 1. The fraction of sp³-hybridized carbons (Fsp3) is 0.833. The second-order valence-corrected chi connectivity index (χ2v) is 6.15. The standard InChI is InChI=1S/C6H13NO5S2/c1-5(3-13(2)10)7-14(11,12)4-6(8)9/h5,7H,3-4H2,1-2H3,(H,8,9). The number of aliphatic carboxylic acids is 1. The summed E-state index contributed by atoms with van der Waals surface area (Å²) in [5, 5.41) is 8.26. The van der Waals surface area contributed by atoms with Gasteiger partial charge >= 0.3 is 5.97 Å². The van der Waals surface area contributed by atoms with E-state index in [9.17, 15) is 17.4 Å². The van der Waals surface area contributed by atoms with Crippen molar-refractivity contribution in [2.45, 2.75) is 13.0 Å². The van der Waals surface area contributed by atoms with Gasteiger partial charge in [-0.25, -0.2) is 13.1 Å². The minimum absolute atomic E-state index is 0.166. The van der Waals surface area contributed by atoms with Gasteiger partial charge in [0.1, 0.15) is 0 Å². The number of rotatable bonds is 6. The van der Waals surface area contributed by atoms with E-state index in [0.717, 1.165) is 0 Å². The van der Waals surface area contributed by atoms with Gasteiger partial charge in [0.2, 0.25) is 10.0 Å². The Labute approximate surface area is 85.2 Å². The van der Waals surface area contributed by atoms with E-state index in [4.69, 9.17) is 5.11 Å². The van der Waals surface area contributed by atoms with E-state index >= 15 is 0 Å². The number of carboxylic acid groups (broad SMARTS) is 1. The lowest BCUT2D eigenvalue weighted by Gasteiger charge is -2.11. The Bertz CT molecular complexity index is 323. The molecule has 14 heavy (non-hydrogen) atoms. The predicted molar refractivity (Wildman–Crippen MR) is 53.0 cm³/mol. The van der Waals surface area contributed by atoms with Crippen LogP contribution < -0.4 is 4.72 Å². The number of sulfonamides is 1. The molecule has 0 saturated carbocycles. The van der Waals surface area contributed by atoms with Crippen molar-refractivity contribution in [3.05, 3.63) is 0 Å². The summed E-state index contributed by atoms with van der Waals surface area (Å²) in [7, 11) is -4.93. The van der Waals surface area contributed by atoms with E-state index in [1.54, 1.807) is 0 Å². The second-order valence-electron chi connectivity index (χ2n) is 2.91. The van der Waals surface area contributed by atoms with Crippen LogP contribution in [0.15, 0.2) is 0 Å². The van der Waals surface area contributed by atoms with Crippen LogP contribution in [0.25, 0.3) is 0 Å². The molecule has 2 atom stereocenters. The highest BCUT2D eigenvalue weighted by atomic mass is 32.2. The minimum Gasteiger partial charge on any atom is -0.480 e. The Morgan fingerprint density at radius 2 is 2.07 bits per heavy atom. The molecule has 0 aromatic rings. The van der Waals surface area contributed by atoms with Crippen LogP contribution in [0.4, 0.5) is 0 Å². The van der Waals surface area contributed by atoms with E-state index in [0.29, 0.717) is 0 Å². The molecule has 0 aliphatic heterocycles. The zero-order valence-electron chi connectivity index (χ0n) is 7.89. The summed E-state index contributed by atoms with van der Waals surface area (Å²) in [5.41, 5.74) is 0. The Balaban J connectivity index is 4.22. The molecule has 0 aromatic carbocycles. The van der Waals surface area contributed by atoms with E-state index in [-0.39, 0.29) is 5.75 Å². The van der Waals surface area contributed by atoms with Gasteiger partial charge in [-0.1, -0.05) is 0 Å². The third-order valence-corrected chi connectivity index (χ3v) is 3.54. The van der Waals surface area contributed by atoms with E-state index in [1.165, 1.54) is 13.2 Å². The van der Waals surface area contributed by atoms with Crippen LogP contribution >= 0.6 is 0 Å². The molecule has 0 heterocycles. The van der Waals surface area contributed by atoms with E-state index < -0.39 is 38.6 Å². The molecule has 2 N–H and O–H groups in total. The highest BCUT2D eigenvalue weighted by Gasteiger charge is 2.18. The number of hydrogen-bond donors (Lipinski definition) is 2. The summed E-state index contributed by atoms with van der Waals surface area (Å²) in [6, 6.07) is -0.523. The first kappa shape index (κ1) is 13.5. The van der Waals surface area contributed by atoms with Gasteiger partial charge < -0.3 is 5.11 Å². The van der Waals surface area contributed by atoms with Crippen molar-refractivity contribution in [2.75, 3.05) is 17.8 Å². The van der Waals surface area contributed by atoms with Gasteiger partial charge in [0.25, 0.3) is 0 Å². The average molecular weight is 243 g/mol. The molecule has 8 heteroatoms. The normalized spacial score (nSPS) is 16.1. The summed E-state index contributed by atoms with van der Waals surface area (Å²) >= 11 is 0. The van der Waals surface area contributed by atoms with Crippen LogP contribution in [0.3, 0.4) is 0 Å². The molecule has 0 rings (SSSR count). The lowest BCUT2D eigenvalue weighted by Crippen LogP contribution is -2.39. The van der Waals surface area contributed by atoms with Crippen LogP contribution in [0.5, 0.6) is 0 Å². The zero-order valence-corrected chi connectivity index (χ0v) is 9.52. The van der Waals surface area contributed by atoms with Crippen molar-refractivity contribution in [1.82, 2.24) is 4.72 Å². The predicted octanol–water partition coefficient (Wildman–Crippen LogP) is -1.24. The Hall–Kier alpha value is -0.470. The lowest BCUT2D eigenvalue weighted by molar-refractivity contribution is -0.134.